The molecule has 0 aliphatic rings. The van der Waals surface area contributed by atoms with E-state index in [-0.39, 0.29) is 10.9 Å². The fourth-order valence-corrected chi connectivity index (χ4v) is 3.35. The molecule has 1 atom stereocenters. The van der Waals surface area contributed by atoms with Crippen LogP contribution in [-0.2, 0) is 10.0 Å². The number of nitrogens with one attached hydrogen (secondary N) is 1. The second-order valence-electron chi connectivity index (χ2n) is 5.40. The molecule has 0 radical (unpaired) electrons. The molecule has 1 aromatic carbocycles. The number of benzene rings is 1. The van der Waals surface area contributed by atoms with Crippen LogP contribution in [0.15, 0.2) is 53.7 Å². The Hall–Kier alpha value is -1.96. The highest BCUT2D eigenvalue weighted by atomic mass is 32.2. The lowest BCUT2D eigenvalue weighted by Gasteiger charge is -2.23. The number of hydrogen-bond acceptors (Lipinski definition) is 5. The number of likely N-dealkylation sites (N-methyl/N-ethyl adjacent to an activating group) is 1. The summed E-state index contributed by atoms with van der Waals surface area (Å²) >= 11 is 0. The zero-order valence-corrected chi connectivity index (χ0v) is 14.2. The van der Waals surface area contributed by atoms with Gasteiger partial charge < -0.3 is 9.64 Å². The van der Waals surface area contributed by atoms with E-state index in [9.17, 15) is 8.42 Å². The summed E-state index contributed by atoms with van der Waals surface area (Å²) in [6.45, 7) is 0.534. The number of aromatic nitrogens is 1. The highest BCUT2D eigenvalue weighted by Gasteiger charge is 2.22. The van der Waals surface area contributed by atoms with Crippen LogP contribution in [0.2, 0.25) is 0 Å². The summed E-state index contributed by atoms with van der Waals surface area (Å²) in [6, 6.07) is 10.1. The van der Waals surface area contributed by atoms with Crippen molar-refractivity contribution in [1.82, 2.24) is 14.6 Å². The predicted molar refractivity (Wildman–Crippen MR) is 88.8 cm³/mol. The second kappa shape index (κ2) is 7.54. The Kier molecular flexibility index (Phi) is 5.70. The number of rotatable bonds is 7. The van der Waals surface area contributed by atoms with Crippen LogP contribution in [-0.4, -0.2) is 46.1 Å². The first kappa shape index (κ1) is 17.4. The predicted octanol–water partition coefficient (Wildman–Crippen LogP) is 1.67. The van der Waals surface area contributed by atoms with Gasteiger partial charge in [-0.2, -0.15) is 0 Å². The molecule has 0 aliphatic carbocycles. The molecule has 0 bridgehead atoms. The highest BCUT2D eigenvalue weighted by molar-refractivity contribution is 7.89. The first-order valence-electron chi connectivity index (χ1n) is 7.13. The van der Waals surface area contributed by atoms with Crippen LogP contribution in [0, 0.1) is 0 Å². The van der Waals surface area contributed by atoms with E-state index >= 15 is 0 Å². The molecule has 124 valence electrons. The van der Waals surface area contributed by atoms with Gasteiger partial charge in [0.05, 0.1) is 13.2 Å². The lowest BCUT2D eigenvalue weighted by Crippen LogP contribution is -2.35. The number of nitrogens with zero attached hydrogens (tertiary/aromatic N) is 2. The summed E-state index contributed by atoms with van der Waals surface area (Å²) in [7, 11) is 1.75. The maximum Gasteiger partial charge on any atom is 0.242 e. The van der Waals surface area contributed by atoms with Gasteiger partial charge in [0.1, 0.15) is 10.6 Å². The van der Waals surface area contributed by atoms with E-state index < -0.39 is 10.0 Å². The Morgan fingerprint density at radius 1 is 1.22 bits per heavy atom. The number of pyridine rings is 1. The number of methoxy groups -OCH3 is 1. The van der Waals surface area contributed by atoms with Crippen LogP contribution in [0.5, 0.6) is 5.75 Å². The molecule has 1 heterocycles. The average molecular weight is 335 g/mol. The molecule has 0 saturated heterocycles. The molecule has 1 aromatic heterocycles. The van der Waals surface area contributed by atoms with Crippen LogP contribution in [0.25, 0.3) is 0 Å². The van der Waals surface area contributed by atoms with Crippen LogP contribution in [0.4, 0.5) is 0 Å². The van der Waals surface area contributed by atoms with Crippen molar-refractivity contribution in [3.8, 4) is 5.75 Å². The average Bonchev–Trinajstić information content (AvgIpc) is 2.54. The maximum absolute atomic E-state index is 12.5. The quantitative estimate of drug-likeness (QED) is 0.833. The topological polar surface area (TPSA) is 71.5 Å². The van der Waals surface area contributed by atoms with Crippen molar-refractivity contribution < 1.29 is 13.2 Å². The molecular formula is C16H21N3O3S. The van der Waals surface area contributed by atoms with Gasteiger partial charge in [0, 0.05) is 18.9 Å². The van der Waals surface area contributed by atoms with Crippen molar-refractivity contribution in [2.45, 2.75) is 10.9 Å². The number of hydrogen-bond donors (Lipinski definition) is 1. The van der Waals surface area contributed by atoms with Crippen molar-refractivity contribution in [2.75, 3.05) is 27.7 Å². The lowest BCUT2D eigenvalue weighted by molar-refractivity contribution is 0.363. The Morgan fingerprint density at radius 3 is 2.43 bits per heavy atom. The Labute approximate surface area is 137 Å². The van der Waals surface area contributed by atoms with Crippen molar-refractivity contribution in [3.05, 3.63) is 54.4 Å². The lowest BCUT2D eigenvalue weighted by atomic mass is 10.1. The number of ether oxygens (including phenoxy) is 1. The molecule has 1 N–H and O–H groups in total. The smallest absolute Gasteiger partial charge is 0.242 e. The molecule has 0 amide bonds. The normalized spacial score (nSPS) is 13.0. The molecule has 0 unspecified atom stereocenters. The van der Waals surface area contributed by atoms with E-state index in [2.05, 4.69) is 9.71 Å². The van der Waals surface area contributed by atoms with Gasteiger partial charge in [-0.3, -0.25) is 4.98 Å². The highest BCUT2D eigenvalue weighted by Crippen LogP contribution is 2.20. The fraction of sp³-hybridized carbons (Fsp3) is 0.312. The van der Waals surface area contributed by atoms with Gasteiger partial charge in [-0.25, -0.2) is 13.1 Å². The van der Waals surface area contributed by atoms with Gasteiger partial charge >= 0.3 is 0 Å². The summed E-state index contributed by atoms with van der Waals surface area (Å²) in [6.07, 6.45) is 2.88. The minimum Gasteiger partial charge on any atom is -0.497 e. The van der Waals surface area contributed by atoms with E-state index in [0.717, 1.165) is 11.3 Å². The van der Waals surface area contributed by atoms with Gasteiger partial charge in [-0.1, -0.05) is 12.1 Å². The Morgan fingerprint density at radius 2 is 1.91 bits per heavy atom. The first-order valence-corrected chi connectivity index (χ1v) is 8.62. The van der Waals surface area contributed by atoms with E-state index in [1.807, 2.05) is 43.3 Å². The van der Waals surface area contributed by atoms with Crippen molar-refractivity contribution in [3.63, 3.8) is 0 Å². The van der Waals surface area contributed by atoms with Crippen molar-refractivity contribution in [1.29, 1.82) is 0 Å². The molecule has 0 fully saturated rings. The van der Waals surface area contributed by atoms with Gasteiger partial charge in [0.2, 0.25) is 10.0 Å². The standard InChI is InChI=1S/C16H21N3O3S/c1-19(2)12-16(13-6-8-14(22-3)9-7-13)18-23(20,21)15-5-4-10-17-11-15/h4-11,16,18H,12H2,1-3H3/t16-/m1/s1. The Balaban J connectivity index is 2.28. The third kappa shape index (κ3) is 4.75. The molecule has 6 nitrogen and oxygen atoms in total. The SMILES string of the molecule is COc1ccc([C@@H](CN(C)C)NS(=O)(=O)c2cccnc2)cc1. The summed E-state index contributed by atoms with van der Waals surface area (Å²) in [5, 5.41) is 0. The van der Waals surface area contributed by atoms with Crippen molar-refractivity contribution in [2.24, 2.45) is 0 Å². The van der Waals surface area contributed by atoms with E-state index in [0.29, 0.717) is 6.54 Å². The summed E-state index contributed by atoms with van der Waals surface area (Å²) in [5.41, 5.74) is 0.868. The van der Waals surface area contributed by atoms with Crippen molar-refractivity contribution >= 4 is 10.0 Å². The Bertz CT molecular complexity index is 716. The third-order valence-electron chi connectivity index (χ3n) is 3.31. The minimum atomic E-state index is -3.64. The molecule has 23 heavy (non-hydrogen) atoms. The molecule has 0 saturated carbocycles. The van der Waals surface area contributed by atoms with Crippen LogP contribution in [0.3, 0.4) is 0 Å². The molecule has 2 rings (SSSR count). The molecule has 7 heteroatoms. The first-order chi connectivity index (χ1) is 10.9. The van der Waals surface area contributed by atoms with Crippen LogP contribution < -0.4 is 9.46 Å². The van der Waals surface area contributed by atoms with Crippen LogP contribution >= 0.6 is 0 Å². The zero-order chi connectivity index (χ0) is 16.9. The van der Waals surface area contributed by atoms with E-state index in [1.54, 1.807) is 19.4 Å². The summed E-state index contributed by atoms with van der Waals surface area (Å²) in [4.78, 5) is 5.95. The summed E-state index contributed by atoms with van der Waals surface area (Å²) < 4.78 is 32.9. The van der Waals surface area contributed by atoms with Gasteiger partial charge in [-0.15, -0.1) is 0 Å². The summed E-state index contributed by atoms with van der Waals surface area (Å²) in [5.74, 6) is 0.729. The van der Waals surface area contributed by atoms with Gasteiger partial charge in [0.15, 0.2) is 0 Å². The molecule has 2 aromatic rings. The maximum atomic E-state index is 12.5. The van der Waals surface area contributed by atoms with Gasteiger partial charge in [0.25, 0.3) is 0 Å². The van der Waals surface area contributed by atoms with Crippen LogP contribution in [0.1, 0.15) is 11.6 Å². The largest absolute Gasteiger partial charge is 0.497 e. The molecule has 0 spiro atoms. The second-order valence-corrected chi connectivity index (χ2v) is 7.11. The molecule has 0 aliphatic heterocycles. The minimum absolute atomic E-state index is 0.150. The van der Waals surface area contributed by atoms with E-state index in [4.69, 9.17) is 4.74 Å². The zero-order valence-electron chi connectivity index (χ0n) is 13.4. The third-order valence-corrected chi connectivity index (χ3v) is 4.76. The number of sulfonamides is 1. The van der Waals surface area contributed by atoms with E-state index in [1.165, 1.54) is 12.3 Å². The van der Waals surface area contributed by atoms with Gasteiger partial charge in [-0.05, 0) is 43.9 Å². The molecular weight excluding hydrogens is 314 g/mol. The fourth-order valence-electron chi connectivity index (χ4n) is 2.17. The monoisotopic (exact) mass is 335 g/mol.